The van der Waals surface area contributed by atoms with E-state index in [2.05, 4.69) is 0 Å². The molecule has 0 spiro atoms. The van der Waals surface area contributed by atoms with Gasteiger partial charge in [-0.2, -0.15) is 26.3 Å². The number of hydrogen-bond acceptors (Lipinski definition) is 10. The molecule has 2 fully saturated rings. The number of carbonyl (C=O) groups excluding carboxylic acids is 2. The fourth-order valence-electron chi connectivity index (χ4n) is 8.72. The van der Waals surface area contributed by atoms with Gasteiger partial charge in [-0.25, -0.2) is 9.59 Å². The number of cyclic esters (lactones) is 2. The molecule has 4 aliphatic heterocycles. The number of aliphatic hydroxyl groups excluding tert-OH is 1. The first-order valence-corrected chi connectivity index (χ1v) is 21.4. The molecular formula is C49H61F6NaO10. The van der Waals surface area contributed by atoms with Gasteiger partial charge in [0.25, 0.3) is 0 Å². The van der Waals surface area contributed by atoms with Gasteiger partial charge in [-0.15, -0.1) is 0 Å². The standard InChI is InChI=1S/C25H31F3O4.C24H29F3O5.Na.H2O/c1-14-12-16(3)21-18(13-14)8-7-9-20-22(32-24(5,6)31-20)15(2)10-11-19(25(26,27)28)17(4)30-23(21)29;1-13-11-14(2)20-16(12-13)7-6-8-19-21(32-23(4,5)31-19)18(28)10-9-17(24(25,26)27)15(3)30-22(20)29;;/h7-8,10-13,15,17,19-20,22H,9H2,1-6H3;6-7,9-12,15,17-19,21,28H,8H2,1-5H3;;1H2/q;;+1;/p-1/b8-7+,11-10-;7-6+,10-9-;;/t15?,17?,19?,20-,22?;15?,17?,18?,19-,21?;;/m00../s1. The second-order valence-corrected chi connectivity index (χ2v) is 18.1. The zero-order chi connectivity index (χ0) is 47.7. The number of halogens is 6. The van der Waals surface area contributed by atoms with Gasteiger partial charge in [-0.1, -0.05) is 90.9 Å². The number of aryl methyl sites for hydroxylation is 4. The van der Waals surface area contributed by atoms with Crippen molar-refractivity contribution in [3.63, 3.8) is 0 Å². The van der Waals surface area contributed by atoms with Crippen molar-refractivity contribution in [3.05, 3.63) is 105 Å². The van der Waals surface area contributed by atoms with Crippen molar-refractivity contribution < 1.29 is 104 Å². The summed E-state index contributed by atoms with van der Waals surface area (Å²) >= 11 is 0. The predicted octanol–water partition coefficient (Wildman–Crippen LogP) is 7.87. The summed E-state index contributed by atoms with van der Waals surface area (Å²) in [5.74, 6) is -7.77. The van der Waals surface area contributed by atoms with Crippen LogP contribution in [0.25, 0.3) is 12.2 Å². The molecule has 0 radical (unpaired) electrons. The minimum absolute atomic E-state index is 0. The van der Waals surface area contributed by atoms with Crippen LogP contribution in [0.15, 0.2) is 60.7 Å². The number of ether oxygens (including phenoxy) is 6. The Bertz CT molecular complexity index is 2000. The van der Waals surface area contributed by atoms with Crippen LogP contribution < -0.4 is 29.6 Å². The molecule has 6 rings (SSSR count). The Morgan fingerprint density at radius 3 is 1.38 bits per heavy atom. The summed E-state index contributed by atoms with van der Waals surface area (Å²) in [7, 11) is 0. The maximum absolute atomic E-state index is 13.8. The van der Waals surface area contributed by atoms with E-state index in [9.17, 15) is 41.0 Å². The molecule has 4 heterocycles. The average Bonchev–Trinajstić information content (AvgIpc) is 3.62. The van der Waals surface area contributed by atoms with Crippen molar-refractivity contribution in [1.29, 1.82) is 0 Å². The molecule has 0 saturated carbocycles. The number of alkyl halides is 6. The fourth-order valence-corrected chi connectivity index (χ4v) is 8.72. The first kappa shape index (κ1) is 57.0. The van der Waals surface area contributed by atoms with Gasteiger partial charge in [-0.3, -0.25) is 0 Å². The van der Waals surface area contributed by atoms with Crippen LogP contribution in [0.5, 0.6) is 0 Å². The van der Waals surface area contributed by atoms with E-state index in [0.29, 0.717) is 35.1 Å². The minimum Gasteiger partial charge on any atom is -0.870 e. The number of esters is 2. The molecule has 10 atom stereocenters. The molecule has 2 N–H and O–H groups in total. The summed E-state index contributed by atoms with van der Waals surface area (Å²) in [6, 6.07) is 7.20. The molecule has 66 heavy (non-hydrogen) atoms. The minimum atomic E-state index is -4.68. The SMILES string of the molecule is Cc1cc(C)c2c(c1)/C=C/C[C@@H]1OC(C)(C)OC1C(C)/C=C\C(C(F)(F)F)C(C)OC2=O.Cc1cc(C)c2c(c1)/C=C/C[C@@H]1OC(C)(C)OC1C(O)/C=C\C(C(F)(F)F)C(C)OC2=O.[Na+].[OH-]. The number of aliphatic hydroxyl groups is 1. The van der Waals surface area contributed by atoms with E-state index in [1.807, 2.05) is 32.1 Å². The number of carbonyl (C=O) groups is 2. The summed E-state index contributed by atoms with van der Waals surface area (Å²) in [5.41, 5.74) is 4.76. The largest absolute Gasteiger partial charge is 1.00 e. The Kier molecular flexibility index (Phi) is 19.4. The van der Waals surface area contributed by atoms with Gasteiger partial charge < -0.3 is 39.0 Å². The van der Waals surface area contributed by atoms with Gasteiger partial charge >= 0.3 is 53.8 Å². The summed E-state index contributed by atoms with van der Waals surface area (Å²) in [6.07, 6.45) is -3.10. The van der Waals surface area contributed by atoms with Crippen molar-refractivity contribution in [2.75, 3.05) is 0 Å². The van der Waals surface area contributed by atoms with E-state index in [1.165, 1.54) is 19.9 Å². The van der Waals surface area contributed by atoms with Crippen LogP contribution >= 0.6 is 0 Å². The third-order valence-electron chi connectivity index (χ3n) is 11.5. The Balaban J connectivity index is 0.000000340. The summed E-state index contributed by atoms with van der Waals surface area (Å²) in [5, 5.41) is 10.6. The van der Waals surface area contributed by atoms with Crippen molar-refractivity contribution in [2.24, 2.45) is 17.8 Å². The monoisotopic (exact) mass is 946 g/mol. The molecule has 4 aliphatic rings. The summed E-state index contributed by atoms with van der Waals surface area (Å²) in [6.45, 7) is 18.5. The van der Waals surface area contributed by atoms with E-state index >= 15 is 0 Å². The third kappa shape index (κ3) is 14.4. The second kappa shape index (κ2) is 22.4. The Morgan fingerprint density at radius 1 is 0.591 bits per heavy atom. The summed E-state index contributed by atoms with van der Waals surface area (Å²) < 4.78 is 117. The molecule has 0 aliphatic carbocycles. The van der Waals surface area contributed by atoms with Crippen LogP contribution in [0.2, 0.25) is 0 Å². The van der Waals surface area contributed by atoms with Gasteiger partial charge in [0.1, 0.15) is 36.3 Å². The molecule has 0 bridgehead atoms. The Hall–Kier alpha value is -3.32. The number of hydrogen-bond donors (Lipinski definition) is 1. The molecule has 2 aromatic carbocycles. The van der Waals surface area contributed by atoms with E-state index in [4.69, 9.17) is 28.4 Å². The molecule has 0 amide bonds. The second-order valence-electron chi connectivity index (χ2n) is 18.1. The van der Waals surface area contributed by atoms with Crippen molar-refractivity contribution in [1.82, 2.24) is 0 Å². The number of rotatable bonds is 0. The van der Waals surface area contributed by atoms with Crippen molar-refractivity contribution >= 4 is 24.1 Å². The molecule has 10 nitrogen and oxygen atoms in total. The maximum atomic E-state index is 13.8. The van der Waals surface area contributed by atoms with Gasteiger partial charge in [-0.05, 0) is 104 Å². The fraction of sp³-hybridized carbons (Fsp3) is 0.551. The molecule has 17 heteroatoms. The van der Waals surface area contributed by atoms with E-state index in [1.54, 1.807) is 78.8 Å². The first-order valence-electron chi connectivity index (χ1n) is 21.4. The molecule has 360 valence electrons. The molecule has 2 saturated heterocycles. The van der Waals surface area contributed by atoms with Crippen LogP contribution in [0.1, 0.15) is 115 Å². The zero-order valence-electron chi connectivity index (χ0n) is 39.5. The van der Waals surface area contributed by atoms with Crippen LogP contribution in [0.3, 0.4) is 0 Å². The number of fused-ring (bicyclic) bond motifs is 4. The average molecular weight is 947 g/mol. The van der Waals surface area contributed by atoms with Gasteiger partial charge in [0.15, 0.2) is 11.6 Å². The number of benzene rings is 2. The van der Waals surface area contributed by atoms with Crippen molar-refractivity contribution in [2.45, 2.75) is 156 Å². The first-order chi connectivity index (χ1) is 29.6. The molecule has 0 aromatic heterocycles. The van der Waals surface area contributed by atoms with E-state index in [-0.39, 0.29) is 58.2 Å². The van der Waals surface area contributed by atoms with Gasteiger partial charge in [0, 0.05) is 5.92 Å². The maximum Gasteiger partial charge on any atom is 1.00 e. The molecular weight excluding hydrogens is 886 g/mol. The zero-order valence-corrected chi connectivity index (χ0v) is 41.5. The van der Waals surface area contributed by atoms with Gasteiger partial charge in [0.05, 0.1) is 29.4 Å². The van der Waals surface area contributed by atoms with Crippen LogP contribution in [-0.2, 0) is 28.4 Å². The topological polar surface area (TPSA) is 140 Å². The Morgan fingerprint density at radius 2 is 0.970 bits per heavy atom. The normalized spacial score (nSPS) is 31.9. The summed E-state index contributed by atoms with van der Waals surface area (Å²) in [4.78, 5) is 25.8. The smallest absolute Gasteiger partial charge is 0.870 e. The quantitative estimate of drug-likeness (QED) is 0.120. The van der Waals surface area contributed by atoms with E-state index in [0.717, 1.165) is 29.4 Å². The Labute approximate surface area is 405 Å². The molecule has 8 unspecified atom stereocenters. The van der Waals surface area contributed by atoms with Crippen LogP contribution in [-0.4, -0.2) is 89.2 Å². The van der Waals surface area contributed by atoms with Gasteiger partial charge in [0.2, 0.25) is 0 Å². The third-order valence-corrected chi connectivity index (χ3v) is 11.5. The van der Waals surface area contributed by atoms with Crippen LogP contribution in [0, 0.1) is 45.4 Å². The van der Waals surface area contributed by atoms with E-state index < -0.39 is 84.3 Å². The molecule has 2 aromatic rings. The predicted molar refractivity (Wildman–Crippen MR) is 231 cm³/mol. The van der Waals surface area contributed by atoms with Crippen molar-refractivity contribution in [3.8, 4) is 0 Å². The van der Waals surface area contributed by atoms with Crippen LogP contribution in [0.4, 0.5) is 26.3 Å².